The van der Waals surface area contributed by atoms with Crippen molar-refractivity contribution in [3.8, 4) is 6.07 Å². The number of benzene rings is 2. The van der Waals surface area contributed by atoms with Gasteiger partial charge in [-0.1, -0.05) is 18.2 Å². The summed E-state index contributed by atoms with van der Waals surface area (Å²) in [5, 5.41) is 18.6. The molecule has 1 fully saturated rings. The Balaban J connectivity index is 1.70. The predicted molar refractivity (Wildman–Crippen MR) is 96.4 cm³/mol. The van der Waals surface area contributed by atoms with E-state index >= 15 is 0 Å². The summed E-state index contributed by atoms with van der Waals surface area (Å²) in [4.78, 5) is 16.7. The first kappa shape index (κ1) is 17.0. The van der Waals surface area contributed by atoms with E-state index in [1.54, 1.807) is 6.07 Å². The van der Waals surface area contributed by atoms with E-state index in [0.29, 0.717) is 37.3 Å². The van der Waals surface area contributed by atoms with Crippen LogP contribution in [0.25, 0.3) is 0 Å². The number of nitriles is 1. The van der Waals surface area contributed by atoms with Crippen molar-refractivity contribution in [2.45, 2.75) is 13.5 Å². The number of rotatable bonds is 3. The Bertz CT molecular complexity index is 818. The van der Waals surface area contributed by atoms with Crippen LogP contribution in [0.4, 0.5) is 5.69 Å². The Labute approximate surface area is 147 Å². The maximum atomic E-state index is 12.7. The summed E-state index contributed by atoms with van der Waals surface area (Å²) in [5.74, 6) is -0.0112. The molecule has 1 amide bonds. The molecule has 0 saturated carbocycles. The van der Waals surface area contributed by atoms with Crippen LogP contribution in [0, 0.1) is 18.3 Å². The summed E-state index contributed by atoms with van der Waals surface area (Å²) in [6.07, 6.45) is 0. The minimum atomic E-state index is -0.0638. The molecule has 5 heteroatoms. The zero-order chi connectivity index (χ0) is 17.8. The van der Waals surface area contributed by atoms with Crippen LogP contribution in [0.1, 0.15) is 27.0 Å². The molecule has 128 valence electrons. The zero-order valence-corrected chi connectivity index (χ0v) is 14.3. The van der Waals surface area contributed by atoms with Crippen molar-refractivity contribution in [2.24, 2.45) is 0 Å². The van der Waals surface area contributed by atoms with Crippen LogP contribution in [0.2, 0.25) is 0 Å². The summed E-state index contributed by atoms with van der Waals surface area (Å²) < 4.78 is 0. The second kappa shape index (κ2) is 7.37. The Morgan fingerprint density at radius 1 is 1.16 bits per heavy atom. The van der Waals surface area contributed by atoms with E-state index in [9.17, 15) is 15.2 Å². The Morgan fingerprint density at radius 2 is 1.88 bits per heavy atom. The van der Waals surface area contributed by atoms with Gasteiger partial charge in [-0.2, -0.15) is 5.26 Å². The highest BCUT2D eigenvalue weighted by atomic mass is 16.3. The van der Waals surface area contributed by atoms with Gasteiger partial charge in [0.25, 0.3) is 5.91 Å². The predicted octanol–water partition coefficient (Wildman–Crippen LogP) is 2.32. The molecule has 1 aliphatic rings. The first-order valence-electron chi connectivity index (χ1n) is 8.38. The van der Waals surface area contributed by atoms with Gasteiger partial charge in [-0.3, -0.25) is 4.79 Å². The lowest BCUT2D eigenvalue weighted by atomic mass is 10.0. The fraction of sp³-hybridized carbons (Fsp3) is 0.300. The zero-order valence-electron chi connectivity index (χ0n) is 14.3. The molecule has 1 aliphatic heterocycles. The molecule has 0 unspecified atom stereocenters. The fourth-order valence-corrected chi connectivity index (χ4v) is 3.15. The van der Waals surface area contributed by atoms with E-state index in [4.69, 9.17) is 0 Å². The van der Waals surface area contributed by atoms with Gasteiger partial charge in [0.05, 0.1) is 17.9 Å². The second-order valence-electron chi connectivity index (χ2n) is 6.21. The van der Waals surface area contributed by atoms with E-state index in [-0.39, 0.29) is 12.5 Å². The lowest BCUT2D eigenvalue weighted by molar-refractivity contribution is 0.0746. The SMILES string of the molecule is Cc1ccc(C(=O)N2CCN(c3ccccc3C#N)CC2)cc1CO. The van der Waals surface area contributed by atoms with Gasteiger partial charge < -0.3 is 14.9 Å². The molecule has 0 atom stereocenters. The van der Waals surface area contributed by atoms with Crippen molar-refractivity contribution in [3.63, 3.8) is 0 Å². The normalized spacial score (nSPS) is 14.3. The van der Waals surface area contributed by atoms with Gasteiger partial charge in [0.2, 0.25) is 0 Å². The number of aliphatic hydroxyl groups excluding tert-OH is 1. The van der Waals surface area contributed by atoms with Gasteiger partial charge >= 0.3 is 0 Å². The van der Waals surface area contributed by atoms with Crippen LogP contribution < -0.4 is 4.90 Å². The van der Waals surface area contributed by atoms with E-state index < -0.39 is 0 Å². The van der Waals surface area contributed by atoms with Crippen LogP contribution in [-0.2, 0) is 6.61 Å². The van der Waals surface area contributed by atoms with Gasteiger partial charge in [0.15, 0.2) is 0 Å². The van der Waals surface area contributed by atoms with Crippen LogP contribution >= 0.6 is 0 Å². The molecule has 2 aromatic carbocycles. The molecule has 25 heavy (non-hydrogen) atoms. The third-order valence-corrected chi connectivity index (χ3v) is 4.70. The minimum Gasteiger partial charge on any atom is -0.392 e. The second-order valence-corrected chi connectivity index (χ2v) is 6.21. The number of hydrogen-bond acceptors (Lipinski definition) is 4. The number of aryl methyl sites for hydroxylation is 1. The van der Waals surface area contributed by atoms with Gasteiger partial charge in [-0.15, -0.1) is 0 Å². The molecule has 0 spiro atoms. The summed E-state index contributed by atoms with van der Waals surface area (Å²) in [6.45, 7) is 4.48. The number of carbonyl (C=O) groups excluding carboxylic acids is 1. The third-order valence-electron chi connectivity index (χ3n) is 4.70. The van der Waals surface area contributed by atoms with Crippen molar-refractivity contribution < 1.29 is 9.90 Å². The average molecular weight is 335 g/mol. The van der Waals surface area contributed by atoms with E-state index in [1.165, 1.54) is 0 Å². The quantitative estimate of drug-likeness (QED) is 0.935. The van der Waals surface area contributed by atoms with Crippen molar-refractivity contribution in [2.75, 3.05) is 31.1 Å². The van der Waals surface area contributed by atoms with Crippen LogP contribution in [0.3, 0.4) is 0 Å². The maximum absolute atomic E-state index is 12.7. The van der Waals surface area contributed by atoms with Crippen LogP contribution in [0.15, 0.2) is 42.5 Å². The largest absolute Gasteiger partial charge is 0.392 e. The molecule has 3 rings (SSSR count). The summed E-state index contributed by atoms with van der Waals surface area (Å²) in [6, 6.07) is 15.2. The standard InChI is InChI=1S/C20H21N3O2/c1-15-6-7-16(12-18(15)14-24)20(25)23-10-8-22(9-11-23)19-5-3-2-4-17(19)13-21/h2-7,12,24H,8-11,14H2,1H3. The van der Waals surface area contributed by atoms with Crippen molar-refractivity contribution >= 4 is 11.6 Å². The average Bonchev–Trinajstić information content (AvgIpc) is 2.68. The highest BCUT2D eigenvalue weighted by Gasteiger charge is 2.23. The number of anilines is 1. The molecule has 1 heterocycles. The number of carbonyl (C=O) groups is 1. The van der Waals surface area contributed by atoms with Crippen molar-refractivity contribution in [3.05, 3.63) is 64.7 Å². The summed E-state index contributed by atoms with van der Waals surface area (Å²) in [5.41, 5.74) is 3.97. The Hall–Kier alpha value is -2.84. The molecule has 0 aliphatic carbocycles. The Morgan fingerprint density at radius 3 is 2.56 bits per heavy atom. The fourth-order valence-electron chi connectivity index (χ4n) is 3.15. The molecular formula is C20H21N3O2. The number of hydrogen-bond donors (Lipinski definition) is 1. The molecule has 0 aromatic heterocycles. The highest BCUT2D eigenvalue weighted by molar-refractivity contribution is 5.94. The number of nitrogens with zero attached hydrogens (tertiary/aromatic N) is 3. The number of amides is 1. The van der Waals surface area contributed by atoms with Crippen molar-refractivity contribution in [1.29, 1.82) is 5.26 Å². The maximum Gasteiger partial charge on any atom is 0.253 e. The third kappa shape index (κ3) is 3.49. The van der Waals surface area contributed by atoms with E-state index in [0.717, 1.165) is 16.8 Å². The summed E-state index contributed by atoms with van der Waals surface area (Å²) in [7, 11) is 0. The van der Waals surface area contributed by atoms with Gasteiger partial charge in [0.1, 0.15) is 6.07 Å². The molecular weight excluding hydrogens is 314 g/mol. The first-order valence-corrected chi connectivity index (χ1v) is 8.38. The molecule has 2 aromatic rings. The Kier molecular flexibility index (Phi) is 5.01. The van der Waals surface area contributed by atoms with Gasteiger partial charge in [0, 0.05) is 31.7 Å². The molecule has 1 N–H and O–H groups in total. The lowest BCUT2D eigenvalue weighted by Crippen LogP contribution is -2.49. The first-order chi connectivity index (χ1) is 12.1. The number of aliphatic hydroxyl groups is 1. The molecule has 1 saturated heterocycles. The van der Waals surface area contributed by atoms with Gasteiger partial charge in [-0.25, -0.2) is 0 Å². The molecule has 0 bridgehead atoms. The van der Waals surface area contributed by atoms with Crippen molar-refractivity contribution in [1.82, 2.24) is 4.90 Å². The lowest BCUT2D eigenvalue weighted by Gasteiger charge is -2.36. The monoisotopic (exact) mass is 335 g/mol. The van der Waals surface area contributed by atoms with Gasteiger partial charge in [-0.05, 0) is 42.3 Å². The van der Waals surface area contributed by atoms with E-state index in [1.807, 2.05) is 48.2 Å². The topological polar surface area (TPSA) is 67.6 Å². The van der Waals surface area contributed by atoms with Crippen LogP contribution in [-0.4, -0.2) is 42.1 Å². The number of piperazine rings is 1. The molecule has 5 nitrogen and oxygen atoms in total. The van der Waals surface area contributed by atoms with E-state index in [2.05, 4.69) is 11.0 Å². The molecule has 0 radical (unpaired) electrons. The van der Waals surface area contributed by atoms with Crippen LogP contribution in [0.5, 0.6) is 0 Å². The minimum absolute atomic E-state index is 0.0112. The summed E-state index contributed by atoms with van der Waals surface area (Å²) >= 11 is 0. The highest BCUT2D eigenvalue weighted by Crippen LogP contribution is 2.22. The number of para-hydroxylation sites is 1. The smallest absolute Gasteiger partial charge is 0.253 e.